The normalized spacial score (nSPS) is 26.2. The van der Waals surface area contributed by atoms with Gasteiger partial charge in [-0.05, 0) is 56.7 Å². The molecule has 3 N–H and O–H groups in total. The number of aliphatic hydroxyl groups excluding tert-OH is 1. The zero-order valence-electron chi connectivity index (χ0n) is 13.5. The molecule has 1 saturated heterocycles. The zero-order chi connectivity index (χ0) is 16.2. The number of piperidine rings is 1. The molecule has 23 heavy (non-hydrogen) atoms. The molecule has 1 atom stereocenters. The van der Waals surface area contributed by atoms with Gasteiger partial charge in [0.1, 0.15) is 0 Å². The molecule has 0 radical (unpaired) electrons. The Morgan fingerprint density at radius 2 is 2.09 bits per heavy atom. The molecule has 1 aromatic heterocycles. The molecule has 1 unspecified atom stereocenters. The number of hydrogen-bond donors (Lipinski definition) is 3. The van der Waals surface area contributed by atoms with Crippen LogP contribution in [0.3, 0.4) is 0 Å². The summed E-state index contributed by atoms with van der Waals surface area (Å²) in [6, 6.07) is 3.56. The molecule has 3 rings (SSSR count). The molecule has 0 aromatic carbocycles. The summed E-state index contributed by atoms with van der Waals surface area (Å²) < 4.78 is 5.02. The second kappa shape index (κ2) is 7.27. The van der Waals surface area contributed by atoms with E-state index >= 15 is 0 Å². The minimum absolute atomic E-state index is 0.0925. The summed E-state index contributed by atoms with van der Waals surface area (Å²) in [5.74, 6) is 1.26. The summed E-state index contributed by atoms with van der Waals surface area (Å²) in [7, 11) is 1.55. The first kappa shape index (κ1) is 16.2. The topological polar surface area (TPSA) is 83.5 Å². The van der Waals surface area contributed by atoms with Crippen molar-refractivity contribution in [2.24, 2.45) is 11.8 Å². The predicted octanol–water partition coefficient (Wildman–Crippen LogP) is 0.959. The van der Waals surface area contributed by atoms with E-state index in [1.165, 1.54) is 0 Å². The van der Waals surface area contributed by atoms with E-state index in [4.69, 9.17) is 4.74 Å². The van der Waals surface area contributed by atoms with Crippen LogP contribution in [0.15, 0.2) is 18.3 Å². The number of amides is 1. The van der Waals surface area contributed by atoms with Gasteiger partial charge in [-0.1, -0.05) is 0 Å². The molecule has 1 aromatic rings. The number of pyridine rings is 1. The van der Waals surface area contributed by atoms with Crippen molar-refractivity contribution < 1.29 is 14.6 Å². The van der Waals surface area contributed by atoms with Crippen LogP contribution in [0.5, 0.6) is 5.88 Å². The summed E-state index contributed by atoms with van der Waals surface area (Å²) in [5, 5.41) is 16.2. The molecule has 1 aliphatic carbocycles. The van der Waals surface area contributed by atoms with Gasteiger partial charge in [-0.15, -0.1) is 0 Å². The number of nitrogens with one attached hydrogen (secondary N) is 2. The highest BCUT2D eigenvalue weighted by molar-refractivity contribution is 5.94. The lowest BCUT2D eigenvalue weighted by atomic mass is 9.71. The zero-order valence-corrected chi connectivity index (χ0v) is 13.5. The number of aliphatic hydroxyl groups is 1. The molecule has 126 valence electrons. The maximum absolute atomic E-state index is 12.6. The minimum Gasteiger partial charge on any atom is -0.481 e. The number of nitrogens with zero attached hydrogens (tertiary/aromatic N) is 1. The fraction of sp³-hybridized carbons (Fsp3) is 0.647. The molecular weight excluding hydrogens is 294 g/mol. The average molecular weight is 319 g/mol. The molecule has 0 bridgehead atoms. The van der Waals surface area contributed by atoms with Crippen LogP contribution in [0.25, 0.3) is 0 Å². The van der Waals surface area contributed by atoms with Crippen LogP contribution in [0, 0.1) is 11.8 Å². The number of carbonyl (C=O) groups is 1. The van der Waals surface area contributed by atoms with Crippen LogP contribution in [-0.4, -0.2) is 48.3 Å². The van der Waals surface area contributed by atoms with Crippen molar-refractivity contribution in [2.75, 3.05) is 20.2 Å². The lowest BCUT2D eigenvalue weighted by molar-refractivity contribution is 0.00918. The fourth-order valence-electron chi connectivity index (χ4n) is 3.62. The van der Waals surface area contributed by atoms with Gasteiger partial charge in [-0.25, -0.2) is 4.98 Å². The smallest absolute Gasteiger partial charge is 0.253 e. The second-order valence-corrected chi connectivity index (χ2v) is 6.56. The van der Waals surface area contributed by atoms with Gasteiger partial charge in [0.2, 0.25) is 5.88 Å². The molecule has 2 fully saturated rings. The van der Waals surface area contributed by atoms with E-state index in [0.29, 0.717) is 23.3 Å². The van der Waals surface area contributed by atoms with Gasteiger partial charge in [-0.2, -0.15) is 0 Å². The number of aromatic nitrogens is 1. The van der Waals surface area contributed by atoms with Crippen molar-refractivity contribution in [1.82, 2.24) is 15.6 Å². The van der Waals surface area contributed by atoms with E-state index in [2.05, 4.69) is 15.6 Å². The molecular formula is C17H25N3O3. The highest BCUT2D eigenvalue weighted by Gasteiger charge is 2.39. The van der Waals surface area contributed by atoms with Crippen LogP contribution >= 0.6 is 0 Å². The Morgan fingerprint density at radius 3 is 2.65 bits per heavy atom. The molecule has 1 saturated carbocycles. The Morgan fingerprint density at radius 1 is 1.35 bits per heavy atom. The van der Waals surface area contributed by atoms with Crippen LogP contribution in [0.1, 0.15) is 36.0 Å². The highest BCUT2D eigenvalue weighted by atomic mass is 16.5. The summed E-state index contributed by atoms with van der Waals surface area (Å²) in [4.78, 5) is 16.6. The van der Waals surface area contributed by atoms with Gasteiger partial charge >= 0.3 is 0 Å². The second-order valence-electron chi connectivity index (χ2n) is 6.56. The molecule has 1 amide bonds. The maximum atomic E-state index is 12.6. The molecule has 1 aliphatic heterocycles. The number of methoxy groups -OCH3 is 1. The van der Waals surface area contributed by atoms with Crippen molar-refractivity contribution in [2.45, 2.75) is 37.8 Å². The quantitative estimate of drug-likeness (QED) is 0.753. The number of rotatable bonds is 5. The molecule has 6 heteroatoms. The summed E-state index contributed by atoms with van der Waals surface area (Å²) in [5.41, 5.74) is 0.546. The van der Waals surface area contributed by atoms with E-state index in [9.17, 15) is 9.90 Å². The molecule has 2 heterocycles. The standard InChI is InChI=1S/C17H25N3O3/c1-23-15-3-2-12(10-19-15)17(22)20-16(13-8-14(21)9-13)11-4-6-18-7-5-11/h2-3,10-11,13-14,16,18,21H,4-9H2,1H3,(H,20,22). The summed E-state index contributed by atoms with van der Waals surface area (Å²) >= 11 is 0. The number of carbonyl (C=O) groups excluding carboxylic acids is 1. The van der Waals surface area contributed by atoms with Crippen LogP contribution in [0.2, 0.25) is 0 Å². The van der Waals surface area contributed by atoms with Crippen molar-refractivity contribution in [3.8, 4) is 5.88 Å². The fourth-order valence-corrected chi connectivity index (χ4v) is 3.62. The first-order valence-corrected chi connectivity index (χ1v) is 8.37. The monoisotopic (exact) mass is 319 g/mol. The SMILES string of the molecule is COc1ccc(C(=O)NC(C2CCNCC2)C2CC(O)C2)cn1. The van der Waals surface area contributed by atoms with E-state index in [0.717, 1.165) is 38.8 Å². The third-order valence-electron chi connectivity index (χ3n) is 5.05. The van der Waals surface area contributed by atoms with Crippen molar-refractivity contribution in [3.63, 3.8) is 0 Å². The van der Waals surface area contributed by atoms with Crippen molar-refractivity contribution in [1.29, 1.82) is 0 Å². The van der Waals surface area contributed by atoms with E-state index in [1.807, 2.05) is 0 Å². The highest BCUT2D eigenvalue weighted by Crippen LogP contribution is 2.35. The van der Waals surface area contributed by atoms with Gasteiger partial charge < -0.3 is 20.5 Å². The van der Waals surface area contributed by atoms with Gasteiger partial charge in [0.05, 0.1) is 18.8 Å². The Kier molecular flexibility index (Phi) is 5.13. The van der Waals surface area contributed by atoms with E-state index < -0.39 is 0 Å². The van der Waals surface area contributed by atoms with E-state index in [-0.39, 0.29) is 18.1 Å². The van der Waals surface area contributed by atoms with Crippen LogP contribution < -0.4 is 15.4 Å². The first-order chi connectivity index (χ1) is 11.2. The average Bonchev–Trinajstić information content (AvgIpc) is 2.58. The largest absolute Gasteiger partial charge is 0.481 e. The third kappa shape index (κ3) is 3.82. The number of hydrogen-bond acceptors (Lipinski definition) is 5. The van der Waals surface area contributed by atoms with Crippen LogP contribution in [-0.2, 0) is 0 Å². The molecule has 6 nitrogen and oxygen atoms in total. The first-order valence-electron chi connectivity index (χ1n) is 8.37. The Hall–Kier alpha value is -1.66. The summed E-state index contributed by atoms with van der Waals surface area (Å²) in [6.45, 7) is 1.99. The number of ether oxygens (including phenoxy) is 1. The molecule has 0 spiro atoms. The van der Waals surface area contributed by atoms with Gasteiger partial charge in [0.25, 0.3) is 5.91 Å². The Labute approximate surface area is 136 Å². The third-order valence-corrected chi connectivity index (χ3v) is 5.05. The van der Waals surface area contributed by atoms with Crippen LogP contribution in [0.4, 0.5) is 0 Å². The Balaban J connectivity index is 1.67. The van der Waals surface area contributed by atoms with Gasteiger partial charge in [0.15, 0.2) is 0 Å². The van der Waals surface area contributed by atoms with Gasteiger partial charge in [0, 0.05) is 18.3 Å². The lowest BCUT2D eigenvalue weighted by Gasteiger charge is -2.43. The lowest BCUT2D eigenvalue weighted by Crippen LogP contribution is -2.52. The predicted molar refractivity (Wildman–Crippen MR) is 86.4 cm³/mol. The van der Waals surface area contributed by atoms with Crippen molar-refractivity contribution in [3.05, 3.63) is 23.9 Å². The summed E-state index contributed by atoms with van der Waals surface area (Å²) in [6.07, 6.45) is 5.05. The van der Waals surface area contributed by atoms with E-state index in [1.54, 1.807) is 25.4 Å². The maximum Gasteiger partial charge on any atom is 0.253 e. The van der Waals surface area contributed by atoms with Gasteiger partial charge in [-0.3, -0.25) is 4.79 Å². The Bertz CT molecular complexity index is 522. The minimum atomic E-state index is -0.205. The van der Waals surface area contributed by atoms with Crippen molar-refractivity contribution >= 4 is 5.91 Å². The molecule has 2 aliphatic rings.